The number of morpholine rings is 1. The summed E-state index contributed by atoms with van der Waals surface area (Å²) >= 11 is 0.822. The number of nitrogens with zero attached hydrogens (tertiary/aromatic N) is 3. The minimum Gasteiger partial charge on any atom is -0.507 e. The third-order valence-electron chi connectivity index (χ3n) is 6.93. The first-order valence-corrected chi connectivity index (χ1v) is 14.9. The lowest BCUT2D eigenvalue weighted by Crippen LogP contribution is -2.40. The van der Waals surface area contributed by atoms with E-state index in [1.54, 1.807) is 24.3 Å². The highest BCUT2D eigenvalue weighted by Crippen LogP contribution is 2.44. The third kappa shape index (κ3) is 5.03. The number of rotatable bonds is 6. The second-order valence-corrected chi connectivity index (χ2v) is 13.0. The molecule has 0 aliphatic carbocycles. The third-order valence-corrected chi connectivity index (χ3v) is 10.3. The van der Waals surface area contributed by atoms with Crippen LogP contribution in [0.15, 0.2) is 64.5 Å². The van der Waals surface area contributed by atoms with Crippen molar-refractivity contribution in [3.05, 3.63) is 82.6 Å². The van der Waals surface area contributed by atoms with Crippen LogP contribution < -0.4 is 4.90 Å². The van der Waals surface area contributed by atoms with Crippen LogP contribution in [0.2, 0.25) is 0 Å². The molecule has 0 spiro atoms. The summed E-state index contributed by atoms with van der Waals surface area (Å²) in [4.78, 5) is 32.3. The summed E-state index contributed by atoms with van der Waals surface area (Å²) in [6, 6.07) is 13.5. The highest BCUT2D eigenvalue weighted by Gasteiger charge is 2.48. The summed E-state index contributed by atoms with van der Waals surface area (Å²) in [7, 11) is -3.85. The molecule has 9 nitrogen and oxygen atoms in total. The van der Waals surface area contributed by atoms with Crippen LogP contribution in [0.4, 0.5) is 5.13 Å². The van der Waals surface area contributed by atoms with Crippen molar-refractivity contribution in [1.29, 1.82) is 0 Å². The van der Waals surface area contributed by atoms with E-state index in [9.17, 15) is 23.1 Å². The second-order valence-electron chi connectivity index (χ2n) is 9.83. The molecule has 2 aliphatic rings. The van der Waals surface area contributed by atoms with Crippen molar-refractivity contribution in [3.63, 3.8) is 0 Å². The lowest BCUT2D eigenvalue weighted by molar-refractivity contribution is -0.132. The Balaban J connectivity index is 1.62. The van der Waals surface area contributed by atoms with Gasteiger partial charge < -0.3 is 9.84 Å². The number of ether oxygens (including phenoxy) is 1. The lowest BCUT2D eigenvalue weighted by atomic mass is 9.93. The summed E-state index contributed by atoms with van der Waals surface area (Å²) in [5.74, 6) is -1.78. The average Bonchev–Trinajstić information content (AvgIpc) is 3.53. The number of thiazole rings is 1. The SMILES string of the molecule is Cc1ccc(/C(O)=C2\C(=O)C(=O)N(c3ncc(S(=O)(=O)N4CCOCC4)s3)C2c2ccc(C(C)C)cc2)cc1. The fourth-order valence-corrected chi connectivity index (χ4v) is 7.38. The molecule has 2 aliphatic heterocycles. The van der Waals surface area contributed by atoms with E-state index in [2.05, 4.69) is 18.8 Å². The van der Waals surface area contributed by atoms with E-state index in [-0.39, 0.29) is 39.7 Å². The number of aliphatic hydroxyl groups excluding tert-OH is 1. The second kappa shape index (κ2) is 10.6. The van der Waals surface area contributed by atoms with E-state index in [1.807, 2.05) is 31.2 Å². The zero-order valence-electron chi connectivity index (χ0n) is 21.8. The molecule has 1 amide bonds. The Morgan fingerprint density at radius 1 is 1.05 bits per heavy atom. The molecule has 1 N–H and O–H groups in total. The predicted molar refractivity (Wildman–Crippen MR) is 148 cm³/mol. The number of carbonyl (C=O) groups excluding carboxylic acids is 2. The number of aromatic nitrogens is 1. The van der Waals surface area contributed by atoms with Crippen molar-refractivity contribution >= 4 is 43.9 Å². The fourth-order valence-electron chi connectivity index (χ4n) is 4.67. The number of hydrogen-bond donors (Lipinski definition) is 1. The minimum atomic E-state index is -3.85. The van der Waals surface area contributed by atoms with Gasteiger partial charge in [-0.15, -0.1) is 0 Å². The minimum absolute atomic E-state index is 0.0336. The molecule has 3 aromatic rings. The van der Waals surface area contributed by atoms with E-state index >= 15 is 0 Å². The molecular weight excluding hydrogens is 538 g/mol. The topological polar surface area (TPSA) is 117 Å². The van der Waals surface area contributed by atoms with E-state index in [4.69, 9.17) is 4.74 Å². The molecule has 1 aromatic heterocycles. The van der Waals surface area contributed by atoms with Gasteiger partial charge in [-0.3, -0.25) is 14.5 Å². The van der Waals surface area contributed by atoms with Crippen molar-refractivity contribution in [2.24, 2.45) is 0 Å². The van der Waals surface area contributed by atoms with Crippen molar-refractivity contribution in [2.75, 3.05) is 31.2 Å². The molecule has 0 radical (unpaired) electrons. The van der Waals surface area contributed by atoms with Crippen molar-refractivity contribution < 1.29 is 27.9 Å². The molecule has 204 valence electrons. The van der Waals surface area contributed by atoms with Gasteiger partial charge in [0.1, 0.15) is 5.76 Å². The van der Waals surface area contributed by atoms with Gasteiger partial charge in [0, 0.05) is 18.7 Å². The van der Waals surface area contributed by atoms with Gasteiger partial charge in [-0.05, 0) is 24.0 Å². The molecule has 0 bridgehead atoms. The van der Waals surface area contributed by atoms with Crippen LogP contribution in [0.3, 0.4) is 0 Å². The van der Waals surface area contributed by atoms with Gasteiger partial charge >= 0.3 is 5.91 Å². The summed E-state index contributed by atoms with van der Waals surface area (Å²) in [5, 5.41) is 11.4. The Labute approximate surface area is 231 Å². The number of ketones is 1. The van der Waals surface area contributed by atoms with Gasteiger partial charge in [-0.25, -0.2) is 13.4 Å². The van der Waals surface area contributed by atoms with Gasteiger partial charge in [-0.2, -0.15) is 4.31 Å². The number of benzene rings is 2. The normalized spacial score (nSPS) is 20.2. The number of aliphatic hydroxyl groups is 1. The number of sulfonamides is 1. The quantitative estimate of drug-likeness (QED) is 0.269. The molecule has 2 fully saturated rings. The van der Waals surface area contributed by atoms with Gasteiger partial charge in [0.2, 0.25) is 0 Å². The van der Waals surface area contributed by atoms with Gasteiger partial charge in [0.05, 0.1) is 31.0 Å². The van der Waals surface area contributed by atoms with Gasteiger partial charge in [-0.1, -0.05) is 79.3 Å². The molecule has 2 aromatic carbocycles. The number of amides is 1. The van der Waals surface area contributed by atoms with E-state index in [0.29, 0.717) is 24.3 Å². The number of hydrogen-bond acceptors (Lipinski definition) is 8. The molecule has 11 heteroatoms. The standard InChI is InChI=1S/C28H29N3O6S2/c1-17(2)19-8-10-20(11-9-19)24-23(25(32)21-6-4-18(3)5-7-21)26(33)27(34)31(24)28-29-16-22(38-28)39(35,36)30-12-14-37-15-13-30/h4-11,16-17,24,32H,12-15H2,1-3H3/b25-23+. The molecule has 1 unspecified atom stereocenters. The van der Waals surface area contributed by atoms with Gasteiger partial charge in [0.25, 0.3) is 15.8 Å². The first-order valence-electron chi connectivity index (χ1n) is 12.6. The van der Waals surface area contributed by atoms with Crippen LogP contribution in [0, 0.1) is 6.92 Å². The Kier molecular flexibility index (Phi) is 7.43. The Morgan fingerprint density at radius 3 is 2.31 bits per heavy atom. The number of aryl methyl sites for hydroxylation is 1. The molecule has 1 atom stereocenters. The van der Waals surface area contributed by atoms with Crippen LogP contribution in [0.5, 0.6) is 0 Å². The molecule has 5 rings (SSSR count). The van der Waals surface area contributed by atoms with Crippen molar-refractivity contribution in [3.8, 4) is 0 Å². The zero-order valence-corrected chi connectivity index (χ0v) is 23.5. The first kappa shape index (κ1) is 27.2. The van der Waals surface area contributed by atoms with Crippen LogP contribution in [-0.2, 0) is 24.3 Å². The van der Waals surface area contributed by atoms with Crippen LogP contribution in [0.25, 0.3) is 5.76 Å². The number of Topliss-reactive ketones (excluding diaryl/α,β-unsaturated/α-hetero) is 1. The maximum atomic E-state index is 13.4. The summed E-state index contributed by atoms with van der Waals surface area (Å²) in [6.45, 7) is 7.06. The van der Waals surface area contributed by atoms with E-state index in [0.717, 1.165) is 22.5 Å². The number of anilines is 1. The lowest BCUT2D eigenvalue weighted by Gasteiger charge is -2.25. The maximum absolute atomic E-state index is 13.4. The predicted octanol–water partition coefficient (Wildman–Crippen LogP) is 4.22. The zero-order chi connectivity index (χ0) is 27.9. The smallest absolute Gasteiger partial charge is 0.301 e. The van der Waals surface area contributed by atoms with Crippen LogP contribution in [-0.4, -0.2) is 60.8 Å². The molecule has 3 heterocycles. The number of carbonyl (C=O) groups is 2. The van der Waals surface area contributed by atoms with Gasteiger partial charge in [0.15, 0.2) is 9.34 Å². The monoisotopic (exact) mass is 567 g/mol. The highest BCUT2D eigenvalue weighted by molar-refractivity contribution is 7.91. The fraction of sp³-hybridized carbons (Fsp3) is 0.321. The largest absolute Gasteiger partial charge is 0.507 e. The van der Waals surface area contributed by atoms with Crippen LogP contribution in [0.1, 0.15) is 48.1 Å². The Hall–Kier alpha value is -3.38. The maximum Gasteiger partial charge on any atom is 0.301 e. The molecule has 0 saturated carbocycles. The van der Waals surface area contributed by atoms with Crippen molar-refractivity contribution in [1.82, 2.24) is 9.29 Å². The summed E-state index contributed by atoms with van der Waals surface area (Å²) < 4.78 is 33.0. The Morgan fingerprint density at radius 2 is 1.69 bits per heavy atom. The highest BCUT2D eigenvalue weighted by atomic mass is 32.2. The summed E-state index contributed by atoms with van der Waals surface area (Å²) in [6.07, 6.45) is 1.21. The van der Waals surface area contributed by atoms with Crippen molar-refractivity contribution in [2.45, 2.75) is 36.9 Å². The Bertz CT molecular complexity index is 1540. The van der Waals surface area contributed by atoms with E-state index in [1.165, 1.54) is 15.4 Å². The molecular formula is C28H29N3O6S2. The summed E-state index contributed by atoms with van der Waals surface area (Å²) in [5.41, 5.74) is 2.97. The molecule has 39 heavy (non-hydrogen) atoms. The van der Waals surface area contributed by atoms with E-state index < -0.39 is 27.8 Å². The first-order chi connectivity index (χ1) is 18.6. The van der Waals surface area contributed by atoms with Crippen LogP contribution >= 0.6 is 11.3 Å². The molecule has 2 saturated heterocycles. The average molecular weight is 568 g/mol.